The highest BCUT2D eigenvalue weighted by atomic mass is 32.1. The van der Waals surface area contributed by atoms with Gasteiger partial charge in [-0.3, -0.25) is 4.79 Å². The second-order valence-corrected chi connectivity index (χ2v) is 4.29. The molecule has 0 spiro atoms. The molecular weight excluding hydrogens is 166 g/mol. The third-order valence-electron chi connectivity index (χ3n) is 1.76. The van der Waals surface area contributed by atoms with Gasteiger partial charge in [-0.1, -0.05) is 0 Å². The minimum absolute atomic E-state index is 0.350. The molecule has 0 aliphatic heterocycles. The lowest BCUT2D eigenvalue weighted by atomic mass is 10.1. The second kappa shape index (κ2) is 3.41. The molecular formula is C5H13NO2SSi. The number of likely N-dealkylation sites (N-methyl/N-ethyl adjacent to an activating group) is 1. The molecule has 3 nitrogen and oxygen atoms in total. The van der Waals surface area contributed by atoms with E-state index in [-0.39, 0.29) is 0 Å². The van der Waals surface area contributed by atoms with Crippen molar-refractivity contribution in [2.75, 3.05) is 12.8 Å². The Kier molecular flexibility index (Phi) is 3.41. The minimum Gasteiger partial charge on any atom is -0.480 e. The lowest BCUT2D eigenvalue weighted by Gasteiger charge is -2.30. The first kappa shape index (κ1) is 10.00. The lowest BCUT2D eigenvalue weighted by molar-refractivity contribution is -0.145. The normalized spacial score (nSPS) is 17.2. The molecule has 0 aromatic carbocycles. The van der Waals surface area contributed by atoms with E-state index >= 15 is 0 Å². The summed E-state index contributed by atoms with van der Waals surface area (Å²) in [6.07, 6.45) is 0. The molecule has 1 atom stereocenters. The predicted octanol–water partition coefficient (Wildman–Crippen LogP) is -1.03. The van der Waals surface area contributed by atoms with Crippen LogP contribution in [0.3, 0.4) is 0 Å². The number of nitrogens with zero attached hydrogens (tertiary/aromatic N) is 1. The third-order valence-corrected chi connectivity index (χ3v) is 3.36. The van der Waals surface area contributed by atoms with Gasteiger partial charge in [0.15, 0.2) is 0 Å². The van der Waals surface area contributed by atoms with Crippen molar-refractivity contribution >= 4 is 29.0 Å². The first-order valence-electron chi connectivity index (χ1n) is 2.97. The van der Waals surface area contributed by atoms with E-state index < -0.39 is 11.5 Å². The van der Waals surface area contributed by atoms with E-state index in [2.05, 4.69) is 12.6 Å². The van der Waals surface area contributed by atoms with Gasteiger partial charge in [0, 0.05) is 5.75 Å². The van der Waals surface area contributed by atoms with Crippen LogP contribution in [0.2, 0.25) is 0 Å². The molecule has 0 saturated carbocycles. The van der Waals surface area contributed by atoms with Crippen molar-refractivity contribution in [1.29, 1.82) is 0 Å². The average Bonchev–Trinajstić information content (AvgIpc) is 1.85. The van der Waals surface area contributed by atoms with Crippen molar-refractivity contribution < 1.29 is 9.90 Å². The number of carbonyl (C=O) groups is 1. The van der Waals surface area contributed by atoms with Crippen LogP contribution in [0.4, 0.5) is 0 Å². The van der Waals surface area contributed by atoms with Crippen LogP contribution in [0.5, 0.6) is 0 Å². The maximum absolute atomic E-state index is 10.6. The topological polar surface area (TPSA) is 40.5 Å². The summed E-state index contributed by atoms with van der Waals surface area (Å²) in [7, 11) is 2.53. The molecule has 60 valence electrons. The van der Waals surface area contributed by atoms with E-state index in [9.17, 15) is 4.79 Å². The number of carboxylic acids is 1. The number of carboxylic acid groups (broad SMARTS) is 1. The summed E-state index contributed by atoms with van der Waals surface area (Å²) in [6.45, 7) is 1.68. The van der Waals surface area contributed by atoms with Crippen LogP contribution < -0.4 is 0 Å². The molecule has 0 bridgehead atoms. The minimum atomic E-state index is -0.806. The van der Waals surface area contributed by atoms with E-state index in [1.165, 1.54) is 0 Å². The number of rotatable bonds is 3. The molecule has 0 aromatic heterocycles. The van der Waals surface area contributed by atoms with Gasteiger partial charge >= 0.3 is 5.97 Å². The van der Waals surface area contributed by atoms with Gasteiger partial charge in [0.05, 0.1) is 10.4 Å². The highest BCUT2D eigenvalue weighted by Gasteiger charge is 2.33. The van der Waals surface area contributed by atoms with E-state index in [1.54, 1.807) is 18.5 Å². The summed E-state index contributed by atoms with van der Waals surface area (Å²) in [6, 6.07) is 0. The summed E-state index contributed by atoms with van der Waals surface area (Å²) in [5.41, 5.74) is -0.782. The molecule has 0 aliphatic rings. The standard InChI is InChI=1S/C5H13NO2SSi/c1-5(3-9,4(7)8)6(2)10/h9H,3H2,1-2,10H3,(H,7,8)/t5-/m0/s1. The van der Waals surface area contributed by atoms with Gasteiger partial charge in [-0.05, 0) is 14.0 Å². The Balaban J connectivity index is 4.38. The zero-order chi connectivity index (χ0) is 8.36. The van der Waals surface area contributed by atoms with E-state index in [1.807, 2.05) is 0 Å². The molecule has 0 heterocycles. The monoisotopic (exact) mass is 179 g/mol. The number of aliphatic carboxylic acids is 1. The SMILES string of the molecule is CN([SiH3])[C@@](C)(CS)C(=O)O. The predicted molar refractivity (Wildman–Crippen MR) is 47.6 cm³/mol. The Labute approximate surface area is 69.3 Å². The number of thiol groups is 1. The summed E-state index contributed by atoms with van der Waals surface area (Å²) in [5, 5.41) is 8.73. The van der Waals surface area contributed by atoms with Gasteiger partial charge in [0.1, 0.15) is 5.54 Å². The van der Waals surface area contributed by atoms with Crippen LogP contribution in [0.15, 0.2) is 0 Å². The first-order chi connectivity index (χ1) is 4.45. The molecule has 0 amide bonds. The molecule has 0 saturated heterocycles. The van der Waals surface area contributed by atoms with Crippen LogP contribution in [0.25, 0.3) is 0 Å². The van der Waals surface area contributed by atoms with E-state index in [0.717, 1.165) is 10.4 Å². The Morgan fingerprint density at radius 3 is 2.30 bits per heavy atom. The van der Waals surface area contributed by atoms with Crippen molar-refractivity contribution in [3.63, 3.8) is 0 Å². The van der Waals surface area contributed by atoms with E-state index in [4.69, 9.17) is 5.11 Å². The van der Waals surface area contributed by atoms with Gasteiger partial charge in [-0.25, -0.2) is 0 Å². The Morgan fingerprint density at radius 2 is 2.30 bits per heavy atom. The Bertz CT molecular complexity index is 142. The molecule has 0 aromatic rings. The largest absolute Gasteiger partial charge is 0.480 e. The van der Waals surface area contributed by atoms with Crippen molar-refractivity contribution in [1.82, 2.24) is 4.57 Å². The Morgan fingerprint density at radius 1 is 1.90 bits per heavy atom. The van der Waals surface area contributed by atoms with Gasteiger partial charge in [-0.15, -0.1) is 0 Å². The highest BCUT2D eigenvalue weighted by Crippen LogP contribution is 2.12. The number of hydrogen-bond acceptors (Lipinski definition) is 3. The Hall–Kier alpha value is -0.00312. The van der Waals surface area contributed by atoms with Crippen LogP contribution in [0, 0.1) is 0 Å². The lowest BCUT2D eigenvalue weighted by Crippen LogP contribution is -2.50. The second-order valence-electron chi connectivity index (χ2n) is 2.63. The van der Waals surface area contributed by atoms with Crippen LogP contribution >= 0.6 is 12.6 Å². The molecule has 0 fully saturated rings. The van der Waals surface area contributed by atoms with Crippen molar-refractivity contribution in [2.45, 2.75) is 12.5 Å². The molecule has 10 heavy (non-hydrogen) atoms. The van der Waals surface area contributed by atoms with Gasteiger partial charge in [0.2, 0.25) is 0 Å². The van der Waals surface area contributed by atoms with Crippen molar-refractivity contribution in [3.8, 4) is 0 Å². The van der Waals surface area contributed by atoms with Gasteiger partial charge < -0.3 is 9.67 Å². The van der Waals surface area contributed by atoms with Crippen LogP contribution in [0.1, 0.15) is 6.92 Å². The molecule has 0 aliphatic carbocycles. The molecule has 1 N–H and O–H groups in total. The van der Waals surface area contributed by atoms with Crippen LogP contribution in [-0.2, 0) is 4.79 Å². The average molecular weight is 179 g/mol. The zero-order valence-electron chi connectivity index (χ0n) is 6.46. The fourth-order valence-corrected chi connectivity index (χ4v) is 1.43. The molecule has 0 unspecified atom stereocenters. The fourth-order valence-electron chi connectivity index (χ4n) is 0.400. The van der Waals surface area contributed by atoms with Gasteiger partial charge in [0.25, 0.3) is 0 Å². The maximum Gasteiger partial charge on any atom is 0.324 e. The highest BCUT2D eigenvalue weighted by molar-refractivity contribution is 7.80. The first-order valence-corrected chi connectivity index (χ1v) is 4.49. The smallest absolute Gasteiger partial charge is 0.324 e. The summed E-state index contributed by atoms with van der Waals surface area (Å²) in [5.74, 6) is -0.456. The quantitative estimate of drug-likeness (QED) is 0.430. The summed E-state index contributed by atoms with van der Waals surface area (Å²) >= 11 is 3.98. The molecule has 0 radical (unpaired) electrons. The summed E-state index contributed by atoms with van der Waals surface area (Å²) < 4.78 is 1.78. The molecule has 5 heteroatoms. The molecule has 0 rings (SSSR count). The van der Waals surface area contributed by atoms with Crippen LogP contribution in [-0.4, -0.2) is 44.4 Å². The van der Waals surface area contributed by atoms with E-state index in [0.29, 0.717) is 5.75 Å². The van der Waals surface area contributed by atoms with Crippen molar-refractivity contribution in [3.05, 3.63) is 0 Å². The summed E-state index contributed by atoms with van der Waals surface area (Å²) in [4.78, 5) is 10.6. The fraction of sp³-hybridized carbons (Fsp3) is 0.800. The maximum atomic E-state index is 10.6. The third kappa shape index (κ3) is 1.74. The number of hydrogen-bond donors (Lipinski definition) is 2. The zero-order valence-corrected chi connectivity index (χ0v) is 9.35. The van der Waals surface area contributed by atoms with Gasteiger partial charge in [-0.2, -0.15) is 12.6 Å². The van der Waals surface area contributed by atoms with Crippen molar-refractivity contribution in [2.24, 2.45) is 0 Å².